The van der Waals surface area contributed by atoms with Crippen LogP contribution in [0.3, 0.4) is 0 Å². The lowest BCUT2D eigenvalue weighted by atomic mass is 10.0. The maximum atomic E-state index is 11.0. The Morgan fingerprint density at radius 2 is 1.92 bits per heavy atom. The first kappa shape index (κ1) is 21.9. The lowest BCUT2D eigenvalue weighted by molar-refractivity contribution is 0.376. The molecule has 1 fully saturated rings. The van der Waals surface area contributed by atoms with Crippen molar-refractivity contribution in [1.82, 2.24) is 10.2 Å². The highest BCUT2D eigenvalue weighted by atomic mass is 127. The molecule has 0 bridgehead atoms. The minimum Gasteiger partial charge on any atom is -0.357 e. The van der Waals surface area contributed by atoms with E-state index in [2.05, 4.69) is 33.4 Å². The molecule has 25 heavy (non-hydrogen) atoms. The molecule has 0 aromatic heterocycles. The van der Waals surface area contributed by atoms with Crippen molar-refractivity contribution >= 4 is 46.0 Å². The van der Waals surface area contributed by atoms with Crippen LogP contribution in [0.25, 0.3) is 6.08 Å². The molecule has 0 atom stereocenters. The van der Waals surface area contributed by atoms with E-state index >= 15 is 0 Å². The molecule has 1 heterocycles. The van der Waals surface area contributed by atoms with Gasteiger partial charge in [0, 0.05) is 19.6 Å². The average molecular weight is 478 g/mol. The first-order valence-electron chi connectivity index (χ1n) is 8.26. The van der Waals surface area contributed by atoms with E-state index in [1.54, 1.807) is 0 Å². The summed E-state index contributed by atoms with van der Waals surface area (Å²) < 4.78 is 22.1. The molecular formula is C17H27IN4O2S. The third-order valence-corrected chi connectivity index (χ3v) is 4.60. The van der Waals surface area contributed by atoms with Gasteiger partial charge >= 0.3 is 0 Å². The van der Waals surface area contributed by atoms with E-state index in [0.717, 1.165) is 38.4 Å². The molecule has 0 radical (unpaired) electrons. The molecule has 140 valence electrons. The molecule has 0 spiro atoms. The van der Waals surface area contributed by atoms with Crippen LogP contribution in [0, 0.1) is 0 Å². The summed E-state index contributed by atoms with van der Waals surface area (Å²) >= 11 is 0. The van der Waals surface area contributed by atoms with Gasteiger partial charge in [-0.2, -0.15) is 0 Å². The van der Waals surface area contributed by atoms with E-state index in [1.807, 2.05) is 25.1 Å². The Morgan fingerprint density at radius 3 is 2.48 bits per heavy atom. The molecule has 0 unspecified atom stereocenters. The molecule has 1 aliphatic heterocycles. The van der Waals surface area contributed by atoms with Crippen molar-refractivity contribution < 1.29 is 8.42 Å². The number of halogens is 1. The van der Waals surface area contributed by atoms with Gasteiger partial charge in [0.25, 0.3) is 0 Å². The number of nitrogens with one attached hydrogen (secondary N) is 1. The molecule has 0 aliphatic carbocycles. The Morgan fingerprint density at radius 1 is 1.28 bits per heavy atom. The Bertz CT molecular complexity index is 680. The molecule has 0 amide bonds. The average Bonchev–Trinajstić information content (AvgIpc) is 2.55. The number of guanidine groups is 1. The summed E-state index contributed by atoms with van der Waals surface area (Å²) in [5.41, 5.74) is 2.66. The summed E-state index contributed by atoms with van der Waals surface area (Å²) in [6.45, 7) is 4.68. The maximum Gasteiger partial charge on any atom is 0.210 e. The summed E-state index contributed by atoms with van der Waals surface area (Å²) in [4.78, 5) is 6.56. The van der Waals surface area contributed by atoms with Gasteiger partial charge in [-0.3, -0.25) is 4.99 Å². The molecular weight excluding hydrogens is 451 g/mol. The van der Waals surface area contributed by atoms with Crippen LogP contribution >= 0.6 is 24.0 Å². The zero-order valence-electron chi connectivity index (χ0n) is 14.5. The van der Waals surface area contributed by atoms with Crippen LogP contribution < -0.4 is 10.5 Å². The summed E-state index contributed by atoms with van der Waals surface area (Å²) in [7, 11) is -3.47. The minimum atomic E-state index is -3.47. The zero-order chi connectivity index (χ0) is 17.4. The highest BCUT2D eigenvalue weighted by Crippen LogP contribution is 2.19. The SMILES string of the molecule is CCNC(=NCCS(N)(=O)=O)N1CCC(=Cc2ccccc2)CC1.I. The summed E-state index contributed by atoms with van der Waals surface area (Å²) in [5, 5.41) is 8.25. The Balaban J connectivity index is 0.00000312. The van der Waals surface area contributed by atoms with E-state index < -0.39 is 10.0 Å². The molecule has 1 saturated heterocycles. The molecule has 1 aliphatic rings. The maximum absolute atomic E-state index is 11.0. The van der Waals surface area contributed by atoms with Crippen molar-refractivity contribution in [2.45, 2.75) is 19.8 Å². The van der Waals surface area contributed by atoms with Crippen molar-refractivity contribution in [2.24, 2.45) is 10.1 Å². The largest absolute Gasteiger partial charge is 0.357 e. The van der Waals surface area contributed by atoms with Crippen molar-refractivity contribution in [3.8, 4) is 0 Å². The second-order valence-electron chi connectivity index (χ2n) is 5.80. The van der Waals surface area contributed by atoms with Gasteiger partial charge in [-0.05, 0) is 25.3 Å². The predicted octanol–water partition coefficient (Wildman–Crippen LogP) is 2.04. The molecule has 3 N–H and O–H groups in total. The van der Waals surface area contributed by atoms with Crippen LogP contribution in [-0.4, -0.2) is 51.2 Å². The van der Waals surface area contributed by atoms with Crippen LogP contribution in [0.4, 0.5) is 0 Å². The van der Waals surface area contributed by atoms with Crippen LogP contribution in [0.1, 0.15) is 25.3 Å². The number of benzene rings is 1. The fourth-order valence-corrected chi connectivity index (χ4v) is 2.99. The smallest absolute Gasteiger partial charge is 0.210 e. The van der Waals surface area contributed by atoms with Gasteiger partial charge in [0.05, 0.1) is 12.3 Å². The van der Waals surface area contributed by atoms with Crippen LogP contribution in [0.5, 0.6) is 0 Å². The molecule has 1 aromatic rings. The number of sulfonamides is 1. The van der Waals surface area contributed by atoms with Gasteiger partial charge in [0.1, 0.15) is 0 Å². The highest BCUT2D eigenvalue weighted by molar-refractivity contribution is 14.0. The fourth-order valence-electron chi connectivity index (χ4n) is 2.64. The number of rotatable bonds is 5. The normalized spacial score (nSPS) is 15.5. The van der Waals surface area contributed by atoms with Gasteiger partial charge in [-0.1, -0.05) is 42.0 Å². The van der Waals surface area contributed by atoms with Gasteiger partial charge in [0.15, 0.2) is 5.96 Å². The number of likely N-dealkylation sites (tertiary alicyclic amines) is 1. The fraction of sp³-hybridized carbons (Fsp3) is 0.471. The number of primary sulfonamides is 1. The van der Waals surface area contributed by atoms with E-state index in [4.69, 9.17) is 5.14 Å². The van der Waals surface area contributed by atoms with E-state index in [1.165, 1.54) is 11.1 Å². The van der Waals surface area contributed by atoms with Gasteiger partial charge in [-0.15, -0.1) is 24.0 Å². The first-order valence-corrected chi connectivity index (χ1v) is 9.97. The van der Waals surface area contributed by atoms with E-state index in [9.17, 15) is 8.42 Å². The summed E-state index contributed by atoms with van der Waals surface area (Å²) in [5.74, 6) is 0.634. The van der Waals surface area contributed by atoms with Crippen LogP contribution in [0.2, 0.25) is 0 Å². The standard InChI is InChI=1S/C17H26N4O2S.HI/c1-2-19-17(20-10-13-24(18,22)23)21-11-8-16(9-12-21)14-15-6-4-3-5-7-15;/h3-7,14H,2,8-13H2,1H3,(H,19,20)(H2,18,22,23);1H. The van der Waals surface area contributed by atoms with Gasteiger partial charge < -0.3 is 10.2 Å². The molecule has 8 heteroatoms. The Labute approximate surface area is 167 Å². The predicted molar refractivity (Wildman–Crippen MR) is 115 cm³/mol. The number of piperidine rings is 1. The number of aliphatic imine (C=N–C) groups is 1. The van der Waals surface area contributed by atoms with Crippen molar-refractivity contribution in [2.75, 3.05) is 31.9 Å². The molecule has 0 saturated carbocycles. The molecule has 1 aromatic carbocycles. The van der Waals surface area contributed by atoms with Crippen LogP contribution in [0.15, 0.2) is 40.9 Å². The molecule has 2 rings (SSSR count). The van der Waals surface area contributed by atoms with Gasteiger partial charge in [-0.25, -0.2) is 13.6 Å². The number of hydrogen-bond acceptors (Lipinski definition) is 3. The van der Waals surface area contributed by atoms with Crippen molar-refractivity contribution in [1.29, 1.82) is 0 Å². The number of nitrogens with two attached hydrogens (primary N) is 1. The minimum absolute atomic E-state index is 0. The molecule has 6 nitrogen and oxygen atoms in total. The third kappa shape index (κ3) is 8.19. The lowest BCUT2D eigenvalue weighted by Crippen LogP contribution is -2.44. The number of nitrogens with zero attached hydrogens (tertiary/aromatic N) is 2. The van der Waals surface area contributed by atoms with E-state index in [-0.39, 0.29) is 36.3 Å². The van der Waals surface area contributed by atoms with E-state index in [0.29, 0.717) is 0 Å². The van der Waals surface area contributed by atoms with Crippen LogP contribution in [-0.2, 0) is 10.0 Å². The Hall–Kier alpha value is -1.13. The number of hydrogen-bond donors (Lipinski definition) is 2. The second-order valence-corrected chi connectivity index (χ2v) is 7.54. The summed E-state index contributed by atoms with van der Waals surface area (Å²) in [6, 6.07) is 10.3. The summed E-state index contributed by atoms with van der Waals surface area (Å²) in [6.07, 6.45) is 4.21. The van der Waals surface area contributed by atoms with Gasteiger partial charge in [0.2, 0.25) is 10.0 Å². The zero-order valence-corrected chi connectivity index (χ0v) is 17.7. The highest BCUT2D eigenvalue weighted by Gasteiger charge is 2.17. The monoisotopic (exact) mass is 478 g/mol. The quantitative estimate of drug-likeness (QED) is 0.385. The van der Waals surface area contributed by atoms with Crippen molar-refractivity contribution in [3.63, 3.8) is 0 Å². The lowest BCUT2D eigenvalue weighted by Gasteiger charge is -2.31. The second kappa shape index (κ2) is 10.8. The first-order chi connectivity index (χ1) is 11.5. The topological polar surface area (TPSA) is 87.8 Å². The third-order valence-electron chi connectivity index (χ3n) is 3.85. The Kier molecular flexibility index (Phi) is 9.44. The van der Waals surface area contributed by atoms with Crippen molar-refractivity contribution in [3.05, 3.63) is 41.5 Å².